The lowest BCUT2D eigenvalue weighted by Gasteiger charge is -2.07. The molecule has 0 aromatic carbocycles. The molecule has 2 aromatic heterocycles. The van der Waals surface area contributed by atoms with E-state index in [1.54, 1.807) is 12.1 Å². The van der Waals surface area contributed by atoms with Gasteiger partial charge in [-0.3, -0.25) is 9.82 Å². The Bertz CT molecular complexity index is 668. The third-order valence-electron chi connectivity index (χ3n) is 2.48. The molecule has 9 heteroatoms. The summed E-state index contributed by atoms with van der Waals surface area (Å²) >= 11 is 3.24. The summed E-state index contributed by atoms with van der Waals surface area (Å²) in [5, 5.41) is 9.40. The van der Waals surface area contributed by atoms with Crippen molar-refractivity contribution in [1.82, 2.24) is 20.5 Å². The SMILES string of the molecule is CCNCc1cn[nH]c1S(=O)(=O)Nc1ccc(Br)cn1. The fourth-order valence-electron chi connectivity index (χ4n) is 1.54. The highest BCUT2D eigenvalue weighted by atomic mass is 79.9. The lowest BCUT2D eigenvalue weighted by Crippen LogP contribution is -2.19. The number of aromatic nitrogens is 3. The highest BCUT2D eigenvalue weighted by Crippen LogP contribution is 2.17. The van der Waals surface area contributed by atoms with Gasteiger partial charge in [0.1, 0.15) is 5.82 Å². The van der Waals surface area contributed by atoms with Gasteiger partial charge < -0.3 is 5.32 Å². The normalized spacial score (nSPS) is 11.5. The van der Waals surface area contributed by atoms with E-state index < -0.39 is 10.0 Å². The van der Waals surface area contributed by atoms with Crippen molar-refractivity contribution in [3.8, 4) is 0 Å². The van der Waals surface area contributed by atoms with Crippen LogP contribution in [0, 0.1) is 0 Å². The van der Waals surface area contributed by atoms with Crippen LogP contribution in [0.25, 0.3) is 0 Å². The molecule has 0 unspecified atom stereocenters. The van der Waals surface area contributed by atoms with Gasteiger partial charge in [0.2, 0.25) is 0 Å². The summed E-state index contributed by atoms with van der Waals surface area (Å²) in [6.07, 6.45) is 3.01. The van der Waals surface area contributed by atoms with Crippen LogP contribution in [0.5, 0.6) is 0 Å². The van der Waals surface area contributed by atoms with E-state index in [0.29, 0.717) is 12.1 Å². The van der Waals surface area contributed by atoms with E-state index in [4.69, 9.17) is 0 Å². The van der Waals surface area contributed by atoms with E-state index in [2.05, 4.69) is 41.2 Å². The van der Waals surface area contributed by atoms with Crippen molar-refractivity contribution in [3.05, 3.63) is 34.6 Å². The molecule has 0 aliphatic heterocycles. The lowest BCUT2D eigenvalue weighted by molar-refractivity contribution is 0.594. The number of nitrogens with one attached hydrogen (secondary N) is 3. The number of pyridine rings is 1. The third kappa shape index (κ3) is 3.56. The highest BCUT2D eigenvalue weighted by molar-refractivity contribution is 9.10. The Morgan fingerprint density at radius 2 is 2.15 bits per heavy atom. The van der Waals surface area contributed by atoms with Crippen LogP contribution in [0.4, 0.5) is 5.82 Å². The van der Waals surface area contributed by atoms with E-state index in [-0.39, 0.29) is 10.8 Å². The average Bonchev–Trinajstić information content (AvgIpc) is 2.88. The van der Waals surface area contributed by atoms with E-state index in [9.17, 15) is 8.42 Å². The number of nitrogens with zero attached hydrogens (tertiary/aromatic N) is 2. The van der Waals surface area contributed by atoms with Gasteiger partial charge in [-0.1, -0.05) is 6.92 Å². The van der Waals surface area contributed by atoms with Crippen LogP contribution in [0.3, 0.4) is 0 Å². The smallest absolute Gasteiger partial charge is 0.280 e. The predicted molar refractivity (Wildman–Crippen MR) is 78.7 cm³/mol. The van der Waals surface area contributed by atoms with Crippen LogP contribution >= 0.6 is 15.9 Å². The lowest BCUT2D eigenvalue weighted by atomic mass is 10.3. The van der Waals surface area contributed by atoms with E-state index in [1.165, 1.54) is 12.4 Å². The summed E-state index contributed by atoms with van der Waals surface area (Å²) < 4.78 is 27.7. The van der Waals surface area contributed by atoms with Crippen molar-refractivity contribution < 1.29 is 8.42 Å². The standard InChI is InChI=1S/C11H14BrN5O2S/c1-2-13-5-8-6-15-16-11(8)20(18,19)17-10-4-3-9(12)7-14-10/h3-4,6-7,13H,2,5H2,1H3,(H,14,17)(H,15,16). The maximum atomic E-state index is 12.3. The van der Waals surface area contributed by atoms with Crippen LogP contribution in [0.15, 0.2) is 34.0 Å². The van der Waals surface area contributed by atoms with Gasteiger partial charge in [-0.15, -0.1) is 0 Å². The average molecular weight is 360 g/mol. The largest absolute Gasteiger partial charge is 0.313 e. The molecule has 108 valence electrons. The van der Waals surface area contributed by atoms with Crippen LogP contribution in [-0.2, 0) is 16.6 Å². The molecule has 0 amide bonds. The predicted octanol–water partition coefficient (Wildman–Crippen LogP) is 1.48. The molecule has 0 atom stereocenters. The van der Waals surface area contributed by atoms with E-state index >= 15 is 0 Å². The molecule has 0 saturated carbocycles. The Morgan fingerprint density at radius 3 is 2.80 bits per heavy atom. The molecule has 20 heavy (non-hydrogen) atoms. The van der Waals surface area contributed by atoms with Crippen molar-refractivity contribution in [1.29, 1.82) is 0 Å². The minimum absolute atomic E-state index is 0.0446. The summed E-state index contributed by atoms with van der Waals surface area (Å²) in [4.78, 5) is 3.98. The Labute approximate surface area is 125 Å². The topological polar surface area (TPSA) is 99.8 Å². The molecule has 0 bridgehead atoms. The molecule has 0 radical (unpaired) electrons. The van der Waals surface area contributed by atoms with Crippen molar-refractivity contribution in [2.75, 3.05) is 11.3 Å². The first-order valence-corrected chi connectivity index (χ1v) is 8.18. The Morgan fingerprint density at radius 1 is 1.35 bits per heavy atom. The van der Waals surface area contributed by atoms with Gasteiger partial charge >= 0.3 is 0 Å². The summed E-state index contributed by atoms with van der Waals surface area (Å²) in [5.41, 5.74) is 0.580. The van der Waals surface area contributed by atoms with Crippen molar-refractivity contribution in [3.63, 3.8) is 0 Å². The number of aromatic amines is 1. The summed E-state index contributed by atoms with van der Waals surface area (Å²) in [6.45, 7) is 3.11. The third-order valence-corrected chi connectivity index (χ3v) is 4.32. The molecule has 0 saturated heterocycles. The number of anilines is 1. The molecule has 2 rings (SSSR count). The van der Waals surface area contributed by atoms with Gasteiger partial charge in [-0.2, -0.15) is 13.5 Å². The van der Waals surface area contributed by atoms with E-state index in [1.807, 2.05) is 6.92 Å². The molecule has 0 spiro atoms. The minimum atomic E-state index is -3.73. The second kappa shape index (κ2) is 6.33. The summed E-state index contributed by atoms with van der Waals surface area (Å²) in [5.74, 6) is 0.247. The summed E-state index contributed by atoms with van der Waals surface area (Å²) in [6, 6.07) is 3.28. The number of hydrogen-bond acceptors (Lipinski definition) is 5. The molecule has 0 aliphatic rings. The number of H-pyrrole nitrogens is 1. The van der Waals surface area contributed by atoms with Crippen molar-refractivity contribution in [2.45, 2.75) is 18.5 Å². The number of rotatable bonds is 6. The van der Waals surface area contributed by atoms with Crippen LogP contribution in [-0.4, -0.2) is 30.1 Å². The Hall–Kier alpha value is -1.45. The first-order chi connectivity index (χ1) is 9.53. The van der Waals surface area contributed by atoms with Gasteiger partial charge in [-0.25, -0.2) is 4.98 Å². The minimum Gasteiger partial charge on any atom is -0.313 e. The first-order valence-electron chi connectivity index (χ1n) is 5.90. The molecule has 0 fully saturated rings. The van der Waals surface area contributed by atoms with Crippen LogP contribution in [0.2, 0.25) is 0 Å². The number of halogens is 1. The van der Waals surface area contributed by atoms with Gasteiger partial charge in [-0.05, 0) is 34.6 Å². The molecular weight excluding hydrogens is 346 g/mol. The van der Waals surface area contributed by atoms with Crippen LogP contribution < -0.4 is 10.0 Å². The van der Waals surface area contributed by atoms with Gasteiger partial charge in [0.15, 0.2) is 5.03 Å². The zero-order chi connectivity index (χ0) is 14.6. The zero-order valence-electron chi connectivity index (χ0n) is 10.7. The second-order valence-electron chi connectivity index (χ2n) is 3.97. The van der Waals surface area contributed by atoms with Crippen molar-refractivity contribution >= 4 is 31.8 Å². The molecule has 7 nitrogen and oxygen atoms in total. The van der Waals surface area contributed by atoms with Gasteiger partial charge in [0.25, 0.3) is 10.0 Å². The Balaban J connectivity index is 2.22. The quantitative estimate of drug-likeness (QED) is 0.725. The fourth-order valence-corrected chi connectivity index (χ4v) is 2.92. The Kier molecular flexibility index (Phi) is 4.73. The second-order valence-corrected chi connectivity index (χ2v) is 6.51. The number of sulfonamides is 1. The molecule has 2 heterocycles. The summed E-state index contributed by atoms with van der Waals surface area (Å²) in [7, 11) is -3.73. The van der Waals surface area contributed by atoms with Gasteiger partial charge in [0.05, 0.1) is 6.20 Å². The monoisotopic (exact) mass is 359 g/mol. The van der Waals surface area contributed by atoms with Crippen molar-refractivity contribution in [2.24, 2.45) is 0 Å². The maximum absolute atomic E-state index is 12.3. The molecule has 3 N–H and O–H groups in total. The highest BCUT2D eigenvalue weighted by Gasteiger charge is 2.21. The van der Waals surface area contributed by atoms with Gasteiger partial charge in [0, 0.05) is 22.8 Å². The molecule has 2 aromatic rings. The first kappa shape index (κ1) is 14.9. The number of hydrogen-bond donors (Lipinski definition) is 3. The maximum Gasteiger partial charge on any atom is 0.280 e. The fraction of sp³-hybridized carbons (Fsp3) is 0.273. The molecule has 0 aliphatic carbocycles. The van der Waals surface area contributed by atoms with Crippen LogP contribution in [0.1, 0.15) is 12.5 Å². The molecular formula is C11H14BrN5O2S. The van der Waals surface area contributed by atoms with E-state index in [0.717, 1.165) is 11.0 Å². The zero-order valence-corrected chi connectivity index (χ0v) is 13.1.